The molecule has 0 N–H and O–H groups in total. The van der Waals surface area contributed by atoms with Gasteiger partial charge in [-0.3, -0.25) is 4.79 Å². The minimum Gasteiger partial charge on any atom is -0.493 e. The van der Waals surface area contributed by atoms with E-state index < -0.39 is 29.7 Å². The third kappa shape index (κ3) is 5.40. The molecule has 0 aliphatic carbocycles. The van der Waals surface area contributed by atoms with Crippen LogP contribution in [-0.4, -0.2) is 31.7 Å². The van der Waals surface area contributed by atoms with Gasteiger partial charge in [0, 0.05) is 6.42 Å². The van der Waals surface area contributed by atoms with Crippen LogP contribution in [0.5, 0.6) is 11.5 Å². The van der Waals surface area contributed by atoms with E-state index in [-0.39, 0.29) is 25.1 Å². The van der Waals surface area contributed by atoms with Crippen LogP contribution in [0.25, 0.3) is 0 Å². The first-order chi connectivity index (χ1) is 16.8. The van der Waals surface area contributed by atoms with E-state index in [4.69, 9.17) is 14.2 Å². The lowest BCUT2D eigenvalue weighted by atomic mass is 10.1. The maximum atomic E-state index is 13.3. The second-order valence-electron chi connectivity index (χ2n) is 7.82. The van der Waals surface area contributed by atoms with E-state index in [1.807, 2.05) is 0 Å². The highest BCUT2D eigenvalue weighted by Crippen LogP contribution is 2.36. The van der Waals surface area contributed by atoms with Gasteiger partial charge in [0.2, 0.25) is 0 Å². The van der Waals surface area contributed by atoms with Crippen molar-refractivity contribution in [2.24, 2.45) is 0 Å². The lowest BCUT2D eigenvalue weighted by molar-refractivity contribution is -0.137. The molecule has 1 aliphatic rings. The summed E-state index contributed by atoms with van der Waals surface area (Å²) < 4.78 is 55.9. The largest absolute Gasteiger partial charge is 0.493 e. The predicted octanol–water partition coefficient (Wildman–Crippen LogP) is 5.26. The molecule has 1 heterocycles. The molecule has 0 radical (unpaired) electrons. The van der Waals surface area contributed by atoms with Gasteiger partial charge in [0.1, 0.15) is 17.1 Å². The summed E-state index contributed by atoms with van der Waals surface area (Å²) in [5.41, 5.74) is 0.288. The first-order valence-corrected chi connectivity index (χ1v) is 10.8. The number of anilines is 1. The number of amides is 1. The van der Waals surface area contributed by atoms with Crippen molar-refractivity contribution in [1.82, 2.24) is 0 Å². The third-order valence-electron chi connectivity index (χ3n) is 5.49. The normalized spacial score (nSPS) is 15.3. The number of hydrogen-bond acceptors (Lipinski definition) is 5. The molecule has 0 bridgehead atoms. The number of halogens is 3. The number of hydrogen-bond donors (Lipinski definition) is 0. The molecule has 1 aliphatic heterocycles. The number of methoxy groups -OCH3 is 1. The van der Waals surface area contributed by atoms with E-state index in [0.29, 0.717) is 22.7 Å². The van der Waals surface area contributed by atoms with Gasteiger partial charge in [-0.05, 0) is 42.0 Å². The van der Waals surface area contributed by atoms with Gasteiger partial charge in [-0.2, -0.15) is 13.2 Å². The fourth-order valence-corrected chi connectivity index (χ4v) is 3.80. The molecule has 182 valence electrons. The summed E-state index contributed by atoms with van der Waals surface area (Å²) in [6, 6.07) is 18.3. The molecule has 1 unspecified atom stereocenters. The van der Waals surface area contributed by atoms with E-state index in [1.165, 1.54) is 18.1 Å². The average Bonchev–Trinajstić information content (AvgIpc) is 2.86. The molecule has 3 aromatic rings. The minimum atomic E-state index is -4.48. The summed E-state index contributed by atoms with van der Waals surface area (Å²) in [7, 11) is 1.27. The Balaban J connectivity index is 1.51. The fourth-order valence-electron chi connectivity index (χ4n) is 3.80. The van der Waals surface area contributed by atoms with Crippen LogP contribution in [0.3, 0.4) is 0 Å². The Morgan fingerprint density at radius 3 is 2.54 bits per heavy atom. The number of rotatable bonds is 7. The summed E-state index contributed by atoms with van der Waals surface area (Å²) in [4.78, 5) is 26.6. The summed E-state index contributed by atoms with van der Waals surface area (Å²) in [6.07, 6.45) is -5.24. The van der Waals surface area contributed by atoms with Gasteiger partial charge in [0.15, 0.2) is 6.10 Å². The molecule has 0 saturated carbocycles. The Labute approximate surface area is 199 Å². The average molecular weight is 485 g/mol. The third-order valence-corrected chi connectivity index (χ3v) is 5.49. The summed E-state index contributed by atoms with van der Waals surface area (Å²) in [6.45, 7) is 0.00956. The zero-order chi connectivity index (χ0) is 25.0. The smallest absolute Gasteiger partial charge is 0.416 e. The van der Waals surface area contributed by atoms with Crippen molar-refractivity contribution in [1.29, 1.82) is 0 Å². The highest BCUT2D eigenvalue weighted by Gasteiger charge is 2.35. The molecule has 3 aromatic carbocycles. The van der Waals surface area contributed by atoms with Crippen molar-refractivity contribution in [3.05, 3.63) is 89.5 Å². The zero-order valence-corrected chi connectivity index (χ0v) is 18.7. The van der Waals surface area contributed by atoms with Gasteiger partial charge in [-0.1, -0.05) is 36.4 Å². The number of ether oxygens (including phenoxy) is 3. The van der Waals surface area contributed by atoms with Crippen molar-refractivity contribution in [2.45, 2.75) is 25.2 Å². The highest BCUT2D eigenvalue weighted by atomic mass is 19.4. The molecular formula is C26H22F3NO5. The van der Waals surface area contributed by atoms with Gasteiger partial charge in [0.25, 0.3) is 5.91 Å². The Morgan fingerprint density at radius 2 is 1.77 bits per heavy atom. The lowest BCUT2D eigenvalue weighted by Gasteiger charge is -2.34. The maximum Gasteiger partial charge on any atom is 0.416 e. The van der Waals surface area contributed by atoms with Crippen LogP contribution >= 0.6 is 0 Å². The molecular weight excluding hydrogens is 463 g/mol. The molecule has 0 spiro atoms. The first kappa shape index (κ1) is 24.1. The Bertz CT molecular complexity index is 1230. The number of carbonyl (C=O) groups excluding carboxylic acids is 2. The second kappa shape index (κ2) is 10.1. The van der Waals surface area contributed by atoms with Crippen LogP contribution in [-0.2, 0) is 22.3 Å². The van der Waals surface area contributed by atoms with Crippen molar-refractivity contribution in [3.63, 3.8) is 0 Å². The van der Waals surface area contributed by atoms with E-state index in [2.05, 4.69) is 0 Å². The van der Waals surface area contributed by atoms with Crippen LogP contribution in [0.1, 0.15) is 27.9 Å². The van der Waals surface area contributed by atoms with Crippen LogP contribution in [0, 0.1) is 0 Å². The zero-order valence-electron chi connectivity index (χ0n) is 18.7. The number of para-hydroxylation sites is 3. The van der Waals surface area contributed by atoms with Crippen LogP contribution < -0.4 is 14.4 Å². The SMILES string of the molecule is COC(=O)c1ccccc1OCCC1Oc2ccccc2N(Cc2cccc(C(F)(F)F)c2)C1=O. The topological polar surface area (TPSA) is 65.1 Å². The van der Waals surface area contributed by atoms with E-state index in [0.717, 1.165) is 12.1 Å². The quantitative estimate of drug-likeness (QED) is 0.428. The number of nitrogens with zero attached hydrogens (tertiary/aromatic N) is 1. The summed E-state index contributed by atoms with van der Waals surface area (Å²) >= 11 is 0. The van der Waals surface area contributed by atoms with Crippen molar-refractivity contribution < 1.29 is 37.0 Å². The predicted molar refractivity (Wildman–Crippen MR) is 121 cm³/mol. The van der Waals surface area contributed by atoms with Gasteiger partial charge in [0.05, 0.1) is 31.5 Å². The summed E-state index contributed by atoms with van der Waals surface area (Å²) in [5, 5.41) is 0. The molecule has 1 atom stereocenters. The van der Waals surface area contributed by atoms with Crippen molar-refractivity contribution >= 4 is 17.6 Å². The highest BCUT2D eigenvalue weighted by molar-refractivity contribution is 6.00. The van der Waals surface area contributed by atoms with Crippen molar-refractivity contribution in [3.8, 4) is 11.5 Å². The van der Waals surface area contributed by atoms with Crippen LogP contribution in [0.4, 0.5) is 18.9 Å². The minimum absolute atomic E-state index is 0.0499. The number of alkyl halides is 3. The second-order valence-corrected chi connectivity index (χ2v) is 7.82. The maximum absolute atomic E-state index is 13.3. The Hall–Kier alpha value is -4.01. The first-order valence-electron chi connectivity index (χ1n) is 10.8. The Kier molecular flexibility index (Phi) is 6.95. The Morgan fingerprint density at radius 1 is 1.03 bits per heavy atom. The van der Waals surface area contributed by atoms with Crippen LogP contribution in [0.2, 0.25) is 0 Å². The lowest BCUT2D eigenvalue weighted by Crippen LogP contribution is -2.46. The van der Waals surface area contributed by atoms with Gasteiger partial charge >= 0.3 is 12.1 Å². The fraction of sp³-hybridized carbons (Fsp3) is 0.231. The molecule has 6 nitrogen and oxygen atoms in total. The van der Waals surface area contributed by atoms with Gasteiger partial charge in [-0.15, -0.1) is 0 Å². The number of carbonyl (C=O) groups is 2. The van der Waals surface area contributed by atoms with Crippen molar-refractivity contribution in [2.75, 3.05) is 18.6 Å². The number of benzene rings is 3. The molecule has 9 heteroatoms. The molecule has 4 rings (SSSR count). The number of fused-ring (bicyclic) bond motifs is 1. The van der Waals surface area contributed by atoms with Gasteiger partial charge in [-0.25, -0.2) is 4.79 Å². The van der Waals surface area contributed by atoms with E-state index in [9.17, 15) is 22.8 Å². The van der Waals surface area contributed by atoms with Crippen LogP contribution in [0.15, 0.2) is 72.8 Å². The standard InChI is InChI=1S/C26H22F3NO5/c1-33-25(32)19-9-2-4-11-21(19)34-14-13-23-24(31)30(20-10-3-5-12-22(20)35-23)16-17-7-6-8-18(15-17)26(27,28)29/h2-12,15,23H,13-14,16H2,1H3. The van der Waals surface area contributed by atoms with E-state index in [1.54, 1.807) is 54.6 Å². The van der Waals surface area contributed by atoms with Gasteiger partial charge < -0.3 is 19.1 Å². The molecule has 35 heavy (non-hydrogen) atoms. The molecule has 1 amide bonds. The molecule has 0 fully saturated rings. The summed E-state index contributed by atoms with van der Waals surface area (Å²) in [5.74, 6) is -0.194. The molecule has 0 saturated heterocycles. The molecule has 0 aromatic heterocycles. The number of esters is 1. The van der Waals surface area contributed by atoms with E-state index >= 15 is 0 Å². The monoisotopic (exact) mass is 485 g/mol.